The lowest BCUT2D eigenvalue weighted by Gasteiger charge is -2.22. The summed E-state index contributed by atoms with van der Waals surface area (Å²) in [5.74, 6) is -0.855. The summed E-state index contributed by atoms with van der Waals surface area (Å²) in [5.41, 5.74) is -0.390. The van der Waals surface area contributed by atoms with Gasteiger partial charge in [-0.2, -0.15) is 0 Å². The first-order chi connectivity index (χ1) is 15.3. The van der Waals surface area contributed by atoms with Crippen molar-refractivity contribution in [2.24, 2.45) is 0 Å². The quantitative estimate of drug-likeness (QED) is 0.435. The van der Waals surface area contributed by atoms with E-state index in [9.17, 15) is 19.7 Å². The third-order valence-corrected chi connectivity index (χ3v) is 4.57. The molecule has 2 aromatic carbocycles. The number of benzene rings is 2. The second kappa shape index (κ2) is 10.8. The maximum absolute atomic E-state index is 13.2. The van der Waals surface area contributed by atoms with Crippen molar-refractivity contribution in [1.82, 2.24) is 4.90 Å². The van der Waals surface area contributed by atoms with Gasteiger partial charge in [0.25, 0.3) is 5.91 Å². The number of nitrogens with one attached hydrogen (secondary N) is 1. The van der Waals surface area contributed by atoms with Crippen LogP contribution in [-0.4, -0.2) is 63.2 Å². The number of ether oxygens (including phenoxy) is 4. The van der Waals surface area contributed by atoms with E-state index in [1.54, 1.807) is 31.2 Å². The molecule has 0 unspecified atom stereocenters. The summed E-state index contributed by atoms with van der Waals surface area (Å²) >= 11 is 0. The first kappa shape index (κ1) is 24.3. The Bertz CT molecular complexity index is 1010. The fourth-order valence-electron chi connectivity index (χ4n) is 3.06. The molecule has 0 aliphatic rings. The molecule has 0 aliphatic carbocycles. The Hall–Kier alpha value is -4.02. The molecule has 2 rings (SSSR count). The molecule has 0 spiro atoms. The van der Waals surface area contributed by atoms with E-state index in [4.69, 9.17) is 18.9 Å². The minimum Gasteiger partial charge on any atom is -0.497 e. The standard InChI is InChI=1S/C21H25N3O8/c1-6-23(12-17(25)22-13-8-7-9-14(10-13)29-2)21(26)15-11-16(30-3)19(31-4)20(32-5)18(15)24(27)28/h7-11H,6,12H2,1-5H3,(H,22,25). The van der Waals surface area contributed by atoms with Gasteiger partial charge < -0.3 is 29.2 Å². The third-order valence-electron chi connectivity index (χ3n) is 4.57. The van der Waals surface area contributed by atoms with Gasteiger partial charge in [-0.3, -0.25) is 19.7 Å². The molecule has 0 fully saturated rings. The number of nitrogens with zero attached hydrogens (tertiary/aromatic N) is 2. The van der Waals surface area contributed by atoms with Crippen molar-refractivity contribution in [3.05, 3.63) is 46.0 Å². The number of nitro groups is 1. The lowest BCUT2D eigenvalue weighted by molar-refractivity contribution is -0.386. The Balaban J connectivity index is 2.38. The van der Waals surface area contributed by atoms with Crippen LogP contribution in [0.1, 0.15) is 17.3 Å². The molecule has 11 nitrogen and oxygen atoms in total. The number of methoxy groups -OCH3 is 4. The molecule has 0 heterocycles. The highest BCUT2D eigenvalue weighted by molar-refractivity contribution is 6.03. The summed E-state index contributed by atoms with van der Waals surface area (Å²) in [7, 11) is 5.35. The number of nitro benzene ring substituents is 1. The molecule has 11 heteroatoms. The SMILES string of the molecule is CCN(CC(=O)Nc1cccc(OC)c1)C(=O)c1cc(OC)c(OC)c(OC)c1[N+](=O)[O-]. The predicted molar refractivity (Wildman–Crippen MR) is 116 cm³/mol. The fraction of sp³-hybridized carbons (Fsp3) is 0.333. The molecule has 2 aromatic rings. The highest BCUT2D eigenvalue weighted by Gasteiger charge is 2.34. The van der Waals surface area contributed by atoms with Crippen LogP contribution in [0.25, 0.3) is 0 Å². The molecule has 32 heavy (non-hydrogen) atoms. The highest BCUT2D eigenvalue weighted by Crippen LogP contribution is 2.46. The van der Waals surface area contributed by atoms with Gasteiger partial charge >= 0.3 is 5.69 Å². The normalized spacial score (nSPS) is 10.2. The van der Waals surface area contributed by atoms with E-state index in [0.29, 0.717) is 11.4 Å². The van der Waals surface area contributed by atoms with E-state index in [0.717, 1.165) is 0 Å². The summed E-state index contributed by atoms with van der Waals surface area (Å²) in [4.78, 5) is 37.9. The van der Waals surface area contributed by atoms with Gasteiger partial charge in [-0.15, -0.1) is 0 Å². The van der Waals surface area contributed by atoms with E-state index in [1.165, 1.54) is 39.4 Å². The van der Waals surface area contributed by atoms with Gasteiger partial charge in [0.2, 0.25) is 17.4 Å². The smallest absolute Gasteiger partial charge is 0.327 e. The Labute approximate surface area is 185 Å². The number of carbonyl (C=O) groups excluding carboxylic acids is 2. The van der Waals surface area contributed by atoms with Gasteiger partial charge in [-0.05, 0) is 19.1 Å². The number of carbonyl (C=O) groups is 2. The average molecular weight is 447 g/mol. The molecular formula is C21H25N3O8. The molecule has 0 aliphatic heterocycles. The van der Waals surface area contributed by atoms with Crippen molar-refractivity contribution in [3.8, 4) is 23.0 Å². The van der Waals surface area contributed by atoms with Crippen molar-refractivity contribution in [2.75, 3.05) is 46.8 Å². The zero-order valence-corrected chi connectivity index (χ0v) is 18.5. The van der Waals surface area contributed by atoms with Crippen LogP contribution < -0.4 is 24.3 Å². The lowest BCUT2D eigenvalue weighted by Crippen LogP contribution is -2.38. The molecule has 0 radical (unpaired) electrons. The van der Waals surface area contributed by atoms with E-state index < -0.39 is 22.4 Å². The van der Waals surface area contributed by atoms with Gasteiger partial charge in [0.15, 0.2) is 5.75 Å². The maximum Gasteiger partial charge on any atom is 0.327 e. The number of likely N-dealkylation sites (N-methyl/N-ethyl adjacent to an activating group) is 1. The Morgan fingerprint density at radius 3 is 2.25 bits per heavy atom. The number of hydrogen-bond donors (Lipinski definition) is 1. The second-order valence-electron chi connectivity index (χ2n) is 6.40. The Kier molecular flexibility index (Phi) is 8.22. The largest absolute Gasteiger partial charge is 0.497 e. The van der Waals surface area contributed by atoms with Crippen molar-refractivity contribution in [3.63, 3.8) is 0 Å². The summed E-state index contributed by atoms with van der Waals surface area (Å²) in [5, 5.41) is 14.4. The molecule has 1 N–H and O–H groups in total. The van der Waals surface area contributed by atoms with Crippen LogP contribution in [0.4, 0.5) is 11.4 Å². The van der Waals surface area contributed by atoms with Crippen LogP contribution in [0.5, 0.6) is 23.0 Å². The van der Waals surface area contributed by atoms with Crippen LogP contribution in [0, 0.1) is 10.1 Å². The minimum atomic E-state index is -0.738. The summed E-state index contributed by atoms with van der Waals surface area (Å²) in [6.45, 7) is 1.44. The van der Waals surface area contributed by atoms with Crippen LogP contribution in [0.3, 0.4) is 0 Å². The average Bonchev–Trinajstić information content (AvgIpc) is 2.80. The van der Waals surface area contributed by atoms with E-state index in [2.05, 4.69) is 5.32 Å². The first-order valence-electron chi connectivity index (χ1n) is 9.51. The Morgan fingerprint density at radius 1 is 1.03 bits per heavy atom. The van der Waals surface area contributed by atoms with Crippen molar-refractivity contribution >= 4 is 23.2 Å². The molecule has 0 saturated heterocycles. The zero-order chi connectivity index (χ0) is 23.8. The van der Waals surface area contributed by atoms with Gasteiger partial charge in [0.1, 0.15) is 17.9 Å². The monoisotopic (exact) mass is 447 g/mol. The zero-order valence-electron chi connectivity index (χ0n) is 18.5. The predicted octanol–water partition coefficient (Wildman–Crippen LogP) is 2.73. The molecule has 172 valence electrons. The summed E-state index contributed by atoms with van der Waals surface area (Å²) in [6.07, 6.45) is 0. The van der Waals surface area contributed by atoms with Crippen molar-refractivity contribution < 1.29 is 33.5 Å². The van der Waals surface area contributed by atoms with E-state index in [1.807, 2.05) is 0 Å². The van der Waals surface area contributed by atoms with Crippen LogP contribution in [0.15, 0.2) is 30.3 Å². The summed E-state index contributed by atoms with van der Waals surface area (Å²) < 4.78 is 20.6. The number of hydrogen-bond acceptors (Lipinski definition) is 8. The molecule has 0 atom stereocenters. The summed E-state index contributed by atoms with van der Waals surface area (Å²) in [6, 6.07) is 7.92. The van der Waals surface area contributed by atoms with Gasteiger partial charge in [0, 0.05) is 24.4 Å². The van der Waals surface area contributed by atoms with Gasteiger partial charge in [-0.1, -0.05) is 6.07 Å². The van der Waals surface area contributed by atoms with Gasteiger partial charge in [0.05, 0.1) is 33.4 Å². The molecule has 0 bridgehead atoms. The highest BCUT2D eigenvalue weighted by atomic mass is 16.6. The third kappa shape index (κ3) is 5.17. The fourth-order valence-corrected chi connectivity index (χ4v) is 3.06. The van der Waals surface area contributed by atoms with Crippen molar-refractivity contribution in [1.29, 1.82) is 0 Å². The van der Waals surface area contributed by atoms with Crippen LogP contribution >= 0.6 is 0 Å². The van der Waals surface area contributed by atoms with E-state index >= 15 is 0 Å². The number of anilines is 1. The minimum absolute atomic E-state index is 0.0166. The molecular weight excluding hydrogens is 422 g/mol. The Morgan fingerprint density at radius 2 is 1.72 bits per heavy atom. The van der Waals surface area contributed by atoms with Crippen LogP contribution in [-0.2, 0) is 4.79 Å². The molecule has 0 saturated carbocycles. The van der Waals surface area contributed by atoms with E-state index in [-0.39, 0.29) is 35.9 Å². The van der Waals surface area contributed by atoms with Gasteiger partial charge in [-0.25, -0.2) is 0 Å². The lowest BCUT2D eigenvalue weighted by atomic mass is 10.1. The van der Waals surface area contributed by atoms with Crippen LogP contribution in [0.2, 0.25) is 0 Å². The first-order valence-corrected chi connectivity index (χ1v) is 9.51. The number of rotatable bonds is 10. The second-order valence-corrected chi connectivity index (χ2v) is 6.40. The molecule has 2 amide bonds. The van der Waals surface area contributed by atoms with Crippen molar-refractivity contribution in [2.45, 2.75) is 6.92 Å². The topological polar surface area (TPSA) is 129 Å². The molecule has 0 aromatic heterocycles. The maximum atomic E-state index is 13.2. The number of amides is 2.